The summed E-state index contributed by atoms with van der Waals surface area (Å²) < 4.78 is 0. The minimum atomic E-state index is 0. The van der Waals surface area contributed by atoms with E-state index in [2.05, 4.69) is 37.3 Å². The van der Waals surface area contributed by atoms with E-state index in [0.717, 1.165) is 25.9 Å². The molecule has 2 N–H and O–H groups in total. The van der Waals surface area contributed by atoms with Crippen LogP contribution < -0.4 is 5.73 Å². The largest absolute Gasteiger partial charge is 0.342 e. The molecule has 2 atom stereocenters. The second-order valence-electron chi connectivity index (χ2n) is 5.52. The third kappa shape index (κ3) is 4.22. The number of nitrogens with zero attached hydrogens (tertiary/aromatic N) is 1. The molecule has 2 rings (SSSR count). The van der Waals surface area contributed by atoms with Crippen molar-refractivity contribution < 1.29 is 4.79 Å². The SMILES string of the molecule is CC1CN(C(=O)CCCN)CCC1c1ccccc1.Cl. The van der Waals surface area contributed by atoms with Gasteiger partial charge in [0.05, 0.1) is 0 Å². The van der Waals surface area contributed by atoms with Gasteiger partial charge in [-0.2, -0.15) is 0 Å². The fourth-order valence-corrected chi connectivity index (χ4v) is 2.98. The van der Waals surface area contributed by atoms with Gasteiger partial charge >= 0.3 is 0 Å². The predicted molar refractivity (Wildman–Crippen MR) is 85.1 cm³/mol. The molecule has 0 spiro atoms. The Hall–Kier alpha value is -1.06. The van der Waals surface area contributed by atoms with Gasteiger partial charge in [-0.1, -0.05) is 37.3 Å². The third-order valence-electron chi connectivity index (χ3n) is 4.08. The molecule has 2 unspecified atom stereocenters. The predicted octanol–water partition coefficient (Wildman–Crippen LogP) is 2.80. The average molecular weight is 297 g/mol. The number of benzene rings is 1. The van der Waals surface area contributed by atoms with Gasteiger partial charge in [-0.15, -0.1) is 12.4 Å². The lowest BCUT2D eigenvalue weighted by Crippen LogP contribution is -2.42. The van der Waals surface area contributed by atoms with Crippen LogP contribution in [0, 0.1) is 5.92 Å². The van der Waals surface area contributed by atoms with E-state index in [1.165, 1.54) is 5.56 Å². The first-order valence-electron chi connectivity index (χ1n) is 7.25. The second kappa shape index (κ2) is 8.28. The monoisotopic (exact) mass is 296 g/mol. The topological polar surface area (TPSA) is 46.3 Å². The zero-order valence-electron chi connectivity index (χ0n) is 12.1. The number of hydrogen-bond acceptors (Lipinski definition) is 2. The Kier molecular flexibility index (Phi) is 7.03. The fraction of sp³-hybridized carbons (Fsp3) is 0.562. The van der Waals surface area contributed by atoms with Crippen molar-refractivity contribution in [3.8, 4) is 0 Å². The first-order chi connectivity index (χ1) is 9.22. The number of hydrogen-bond donors (Lipinski definition) is 1. The molecule has 3 nitrogen and oxygen atoms in total. The summed E-state index contributed by atoms with van der Waals surface area (Å²) in [6, 6.07) is 10.7. The summed E-state index contributed by atoms with van der Waals surface area (Å²) in [6.07, 6.45) is 2.46. The summed E-state index contributed by atoms with van der Waals surface area (Å²) in [5, 5.41) is 0. The molecule has 1 aromatic rings. The molecule has 1 saturated heterocycles. The van der Waals surface area contributed by atoms with E-state index < -0.39 is 0 Å². The van der Waals surface area contributed by atoms with Crippen LogP contribution >= 0.6 is 12.4 Å². The standard InChI is InChI=1S/C16H24N2O.ClH/c1-13-12-18(16(19)8-5-10-17)11-9-15(13)14-6-3-2-4-7-14;/h2-4,6-7,13,15H,5,8-12,17H2,1H3;1H. The number of halogens is 1. The van der Waals surface area contributed by atoms with Crippen LogP contribution in [0.25, 0.3) is 0 Å². The Balaban J connectivity index is 0.00000200. The molecule has 0 aliphatic carbocycles. The van der Waals surface area contributed by atoms with Crippen LogP contribution in [0.1, 0.15) is 37.7 Å². The molecule has 1 aromatic carbocycles. The first-order valence-corrected chi connectivity index (χ1v) is 7.25. The smallest absolute Gasteiger partial charge is 0.222 e. The minimum absolute atomic E-state index is 0. The van der Waals surface area contributed by atoms with E-state index in [4.69, 9.17) is 5.73 Å². The maximum Gasteiger partial charge on any atom is 0.222 e. The highest BCUT2D eigenvalue weighted by molar-refractivity contribution is 5.85. The summed E-state index contributed by atoms with van der Waals surface area (Å²) >= 11 is 0. The molecule has 20 heavy (non-hydrogen) atoms. The normalized spacial score (nSPS) is 22.2. The van der Waals surface area contributed by atoms with Crippen LogP contribution in [-0.4, -0.2) is 30.4 Å². The van der Waals surface area contributed by atoms with Crippen LogP contribution in [0.4, 0.5) is 0 Å². The molecule has 1 heterocycles. The van der Waals surface area contributed by atoms with E-state index in [0.29, 0.717) is 24.8 Å². The highest BCUT2D eigenvalue weighted by Gasteiger charge is 2.29. The van der Waals surface area contributed by atoms with Gasteiger partial charge < -0.3 is 10.6 Å². The molecule has 1 aliphatic heterocycles. The number of nitrogens with two attached hydrogens (primary N) is 1. The number of amides is 1. The van der Waals surface area contributed by atoms with E-state index in [1.807, 2.05) is 4.90 Å². The van der Waals surface area contributed by atoms with Gasteiger partial charge in [0.2, 0.25) is 5.91 Å². The van der Waals surface area contributed by atoms with Crippen molar-refractivity contribution in [1.29, 1.82) is 0 Å². The van der Waals surface area contributed by atoms with Gasteiger partial charge in [-0.3, -0.25) is 4.79 Å². The Bertz CT molecular complexity index is 410. The molecule has 0 bridgehead atoms. The summed E-state index contributed by atoms with van der Waals surface area (Å²) in [5.74, 6) is 1.38. The quantitative estimate of drug-likeness (QED) is 0.929. The van der Waals surface area contributed by atoms with Crippen LogP contribution in [0.15, 0.2) is 30.3 Å². The molecule has 112 valence electrons. The number of likely N-dealkylation sites (tertiary alicyclic amines) is 1. The average Bonchev–Trinajstić information content (AvgIpc) is 2.45. The molecular formula is C16H25ClN2O. The van der Waals surface area contributed by atoms with E-state index in [-0.39, 0.29) is 18.3 Å². The maximum atomic E-state index is 12.0. The molecule has 0 saturated carbocycles. The highest BCUT2D eigenvalue weighted by Crippen LogP contribution is 2.32. The van der Waals surface area contributed by atoms with Crippen molar-refractivity contribution in [3.05, 3.63) is 35.9 Å². The number of carbonyl (C=O) groups excluding carboxylic acids is 1. The fourth-order valence-electron chi connectivity index (χ4n) is 2.98. The molecule has 0 radical (unpaired) electrons. The minimum Gasteiger partial charge on any atom is -0.342 e. The van der Waals surface area contributed by atoms with Crippen molar-refractivity contribution in [2.45, 2.75) is 32.1 Å². The van der Waals surface area contributed by atoms with Crippen molar-refractivity contribution in [2.75, 3.05) is 19.6 Å². The summed E-state index contributed by atoms with van der Waals surface area (Å²) in [4.78, 5) is 14.0. The van der Waals surface area contributed by atoms with Gasteiger partial charge in [-0.05, 0) is 36.8 Å². The van der Waals surface area contributed by atoms with E-state index in [1.54, 1.807) is 0 Å². The molecule has 1 fully saturated rings. The highest BCUT2D eigenvalue weighted by atomic mass is 35.5. The summed E-state index contributed by atoms with van der Waals surface area (Å²) in [5.41, 5.74) is 6.87. The lowest BCUT2D eigenvalue weighted by atomic mass is 9.81. The number of rotatable bonds is 4. The van der Waals surface area contributed by atoms with E-state index in [9.17, 15) is 4.79 Å². The second-order valence-corrected chi connectivity index (χ2v) is 5.52. The summed E-state index contributed by atoms with van der Waals surface area (Å²) in [6.45, 7) is 4.61. The van der Waals surface area contributed by atoms with Crippen LogP contribution in [-0.2, 0) is 4.79 Å². The van der Waals surface area contributed by atoms with Crippen LogP contribution in [0.5, 0.6) is 0 Å². The Morgan fingerprint density at radius 3 is 2.65 bits per heavy atom. The van der Waals surface area contributed by atoms with E-state index >= 15 is 0 Å². The zero-order chi connectivity index (χ0) is 13.7. The molecular weight excluding hydrogens is 272 g/mol. The van der Waals surface area contributed by atoms with Gasteiger partial charge in [0, 0.05) is 19.5 Å². The van der Waals surface area contributed by atoms with Gasteiger partial charge in [0.1, 0.15) is 0 Å². The molecule has 1 amide bonds. The number of piperidine rings is 1. The first kappa shape index (κ1) is 17.0. The molecule has 0 aromatic heterocycles. The van der Waals surface area contributed by atoms with Crippen molar-refractivity contribution in [3.63, 3.8) is 0 Å². The zero-order valence-corrected chi connectivity index (χ0v) is 12.9. The van der Waals surface area contributed by atoms with Crippen LogP contribution in [0.3, 0.4) is 0 Å². The Morgan fingerprint density at radius 1 is 1.35 bits per heavy atom. The van der Waals surface area contributed by atoms with Gasteiger partial charge in [0.15, 0.2) is 0 Å². The third-order valence-corrected chi connectivity index (χ3v) is 4.08. The van der Waals surface area contributed by atoms with Gasteiger partial charge in [0.25, 0.3) is 0 Å². The molecule has 4 heteroatoms. The van der Waals surface area contributed by atoms with Crippen molar-refractivity contribution in [1.82, 2.24) is 4.90 Å². The van der Waals surface area contributed by atoms with Crippen molar-refractivity contribution >= 4 is 18.3 Å². The number of carbonyl (C=O) groups is 1. The molecule has 1 aliphatic rings. The van der Waals surface area contributed by atoms with Gasteiger partial charge in [-0.25, -0.2) is 0 Å². The van der Waals surface area contributed by atoms with Crippen molar-refractivity contribution in [2.24, 2.45) is 11.7 Å². The maximum absolute atomic E-state index is 12.0. The Labute approximate surface area is 127 Å². The Morgan fingerprint density at radius 2 is 2.05 bits per heavy atom. The van der Waals surface area contributed by atoms with Crippen LogP contribution in [0.2, 0.25) is 0 Å². The lowest BCUT2D eigenvalue weighted by Gasteiger charge is -2.37. The summed E-state index contributed by atoms with van der Waals surface area (Å²) in [7, 11) is 0. The lowest BCUT2D eigenvalue weighted by molar-refractivity contribution is -0.133.